The summed E-state index contributed by atoms with van der Waals surface area (Å²) in [6.45, 7) is 15.2. The summed E-state index contributed by atoms with van der Waals surface area (Å²) < 4.78 is 0. The zero-order chi connectivity index (χ0) is 22.8. The Labute approximate surface area is 173 Å². The molecule has 1 rings (SSSR count). The van der Waals surface area contributed by atoms with Gasteiger partial charge in [0.15, 0.2) is 0 Å². The number of hydrogen-bond acceptors (Lipinski definition) is 4. The topological polar surface area (TPSA) is 123 Å². The van der Waals surface area contributed by atoms with E-state index in [4.69, 9.17) is 0 Å². The number of hydrogen-bond donors (Lipinski definition) is 6. The standard InChI is InChI=1S/C21H36N4O4/c1-13-10-11-14(22-16(26)24-18(2,3)20(6,7)28)12-15(13)23-17(27)25-19(4,5)21(8,9)29/h10-12,28-29H,1-9H3,(H2,22,24,26)(H2,23,25,27). The molecule has 0 aliphatic carbocycles. The van der Waals surface area contributed by atoms with E-state index in [1.165, 1.54) is 0 Å². The lowest BCUT2D eigenvalue weighted by Gasteiger charge is -2.38. The van der Waals surface area contributed by atoms with Gasteiger partial charge in [-0.2, -0.15) is 0 Å². The molecular formula is C21H36N4O4. The van der Waals surface area contributed by atoms with Crippen LogP contribution in [0.15, 0.2) is 18.2 Å². The van der Waals surface area contributed by atoms with Gasteiger partial charge < -0.3 is 31.5 Å². The second-order valence-electron chi connectivity index (χ2n) is 9.56. The fourth-order valence-electron chi connectivity index (χ4n) is 2.02. The van der Waals surface area contributed by atoms with Crippen LogP contribution in [-0.4, -0.2) is 44.6 Å². The minimum absolute atomic E-state index is 0.468. The van der Waals surface area contributed by atoms with Gasteiger partial charge in [0.25, 0.3) is 0 Å². The predicted octanol–water partition coefficient (Wildman–Crippen LogP) is 3.34. The van der Waals surface area contributed by atoms with Gasteiger partial charge in [-0.15, -0.1) is 0 Å². The van der Waals surface area contributed by atoms with Crippen LogP contribution < -0.4 is 21.3 Å². The first-order chi connectivity index (χ1) is 12.9. The molecular weight excluding hydrogens is 372 g/mol. The van der Waals surface area contributed by atoms with E-state index >= 15 is 0 Å². The molecule has 8 nitrogen and oxygen atoms in total. The van der Waals surface area contributed by atoms with Crippen molar-refractivity contribution in [3.05, 3.63) is 23.8 Å². The Balaban J connectivity index is 2.89. The lowest BCUT2D eigenvalue weighted by Crippen LogP contribution is -2.58. The average Bonchev–Trinajstić information content (AvgIpc) is 2.47. The van der Waals surface area contributed by atoms with Crippen molar-refractivity contribution < 1.29 is 19.8 Å². The van der Waals surface area contributed by atoms with Crippen LogP contribution in [0.5, 0.6) is 0 Å². The number of aryl methyl sites for hydroxylation is 1. The number of amides is 4. The Bertz CT molecular complexity index is 759. The number of nitrogens with one attached hydrogen (secondary N) is 4. The molecule has 0 fully saturated rings. The SMILES string of the molecule is Cc1ccc(NC(=O)NC(C)(C)C(C)(C)O)cc1NC(=O)NC(C)(C)C(C)(C)O. The van der Waals surface area contributed by atoms with Crippen molar-refractivity contribution >= 4 is 23.4 Å². The molecule has 0 heterocycles. The van der Waals surface area contributed by atoms with Crippen LogP contribution in [0.3, 0.4) is 0 Å². The largest absolute Gasteiger partial charge is 0.388 e. The van der Waals surface area contributed by atoms with Crippen LogP contribution in [-0.2, 0) is 0 Å². The molecule has 0 aliphatic rings. The van der Waals surface area contributed by atoms with Crippen LogP contribution in [0.25, 0.3) is 0 Å². The summed E-state index contributed by atoms with van der Waals surface area (Å²) in [6.07, 6.45) is 0. The van der Waals surface area contributed by atoms with Crippen LogP contribution in [0.2, 0.25) is 0 Å². The zero-order valence-corrected chi connectivity index (χ0v) is 18.9. The maximum absolute atomic E-state index is 12.4. The molecule has 1 aromatic carbocycles. The first kappa shape index (κ1) is 24.7. The van der Waals surface area contributed by atoms with E-state index in [0.717, 1.165) is 5.56 Å². The predicted molar refractivity (Wildman–Crippen MR) is 116 cm³/mol. The average molecular weight is 409 g/mol. The van der Waals surface area contributed by atoms with Gasteiger partial charge in [-0.05, 0) is 80.0 Å². The van der Waals surface area contributed by atoms with Crippen molar-refractivity contribution in [2.24, 2.45) is 0 Å². The van der Waals surface area contributed by atoms with Gasteiger partial charge >= 0.3 is 12.1 Å². The lowest BCUT2D eigenvalue weighted by molar-refractivity contribution is 0.00174. The van der Waals surface area contributed by atoms with Crippen LogP contribution in [0.4, 0.5) is 21.0 Å². The molecule has 29 heavy (non-hydrogen) atoms. The van der Waals surface area contributed by atoms with E-state index in [-0.39, 0.29) is 0 Å². The number of carbonyl (C=O) groups is 2. The maximum atomic E-state index is 12.4. The van der Waals surface area contributed by atoms with Gasteiger partial charge in [0.1, 0.15) is 0 Å². The number of anilines is 2. The van der Waals surface area contributed by atoms with E-state index in [2.05, 4.69) is 21.3 Å². The van der Waals surface area contributed by atoms with Crippen molar-refractivity contribution in [3.63, 3.8) is 0 Å². The molecule has 0 bridgehead atoms. The number of benzene rings is 1. The fraction of sp³-hybridized carbons (Fsp3) is 0.619. The number of aliphatic hydroxyl groups is 2. The lowest BCUT2D eigenvalue weighted by atomic mass is 9.86. The highest BCUT2D eigenvalue weighted by Crippen LogP contribution is 2.24. The smallest absolute Gasteiger partial charge is 0.319 e. The Kier molecular flexibility index (Phi) is 6.99. The molecule has 0 radical (unpaired) electrons. The summed E-state index contributed by atoms with van der Waals surface area (Å²) in [6, 6.07) is 4.19. The Morgan fingerprint density at radius 3 is 1.59 bits per heavy atom. The highest BCUT2D eigenvalue weighted by Gasteiger charge is 2.37. The third-order valence-electron chi connectivity index (χ3n) is 5.65. The van der Waals surface area contributed by atoms with Crippen LogP contribution >= 0.6 is 0 Å². The maximum Gasteiger partial charge on any atom is 0.319 e. The summed E-state index contributed by atoms with van der Waals surface area (Å²) in [5.41, 5.74) is -2.13. The van der Waals surface area contributed by atoms with E-state index in [1.807, 2.05) is 6.92 Å². The van der Waals surface area contributed by atoms with Crippen molar-refractivity contribution in [2.75, 3.05) is 10.6 Å². The first-order valence-corrected chi connectivity index (χ1v) is 9.59. The van der Waals surface area contributed by atoms with E-state index in [9.17, 15) is 19.8 Å². The fourth-order valence-corrected chi connectivity index (χ4v) is 2.02. The van der Waals surface area contributed by atoms with Crippen LogP contribution in [0.1, 0.15) is 61.0 Å². The molecule has 4 amide bonds. The molecule has 8 heteroatoms. The normalized spacial score (nSPS) is 12.9. The molecule has 164 valence electrons. The van der Waals surface area contributed by atoms with Crippen molar-refractivity contribution in [1.82, 2.24) is 10.6 Å². The highest BCUT2D eigenvalue weighted by atomic mass is 16.3. The van der Waals surface area contributed by atoms with E-state index in [0.29, 0.717) is 11.4 Å². The van der Waals surface area contributed by atoms with Gasteiger partial charge in [0.05, 0.1) is 22.3 Å². The third kappa shape index (κ3) is 6.61. The van der Waals surface area contributed by atoms with Crippen molar-refractivity contribution in [3.8, 4) is 0 Å². The first-order valence-electron chi connectivity index (χ1n) is 9.59. The summed E-state index contributed by atoms with van der Waals surface area (Å²) in [5.74, 6) is 0. The Morgan fingerprint density at radius 1 is 0.759 bits per heavy atom. The molecule has 0 aliphatic heterocycles. The van der Waals surface area contributed by atoms with Crippen molar-refractivity contribution in [2.45, 2.75) is 84.6 Å². The number of urea groups is 2. The monoisotopic (exact) mass is 408 g/mol. The van der Waals surface area contributed by atoms with Gasteiger partial charge in [-0.25, -0.2) is 9.59 Å². The summed E-state index contributed by atoms with van der Waals surface area (Å²) >= 11 is 0. The van der Waals surface area contributed by atoms with E-state index in [1.54, 1.807) is 73.6 Å². The molecule has 0 saturated carbocycles. The molecule has 0 spiro atoms. The quantitative estimate of drug-likeness (QED) is 0.432. The molecule has 0 unspecified atom stereocenters. The van der Waals surface area contributed by atoms with E-state index < -0.39 is 34.3 Å². The Hall–Kier alpha value is -2.32. The molecule has 1 aromatic rings. The van der Waals surface area contributed by atoms with Gasteiger partial charge in [0.2, 0.25) is 0 Å². The summed E-state index contributed by atoms with van der Waals surface area (Å²) in [5, 5.41) is 31.3. The highest BCUT2D eigenvalue weighted by molar-refractivity contribution is 5.94. The third-order valence-corrected chi connectivity index (χ3v) is 5.65. The van der Waals surface area contributed by atoms with Crippen molar-refractivity contribution in [1.29, 1.82) is 0 Å². The molecule has 0 atom stereocenters. The minimum atomic E-state index is -1.12. The zero-order valence-electron chi connectivity index (χ0n) is 18.9. The Morgan fingerprint density at radius 2 is 1.17 bits per heavy atom. The van der Waals surface area contributed by atoms with Gasteiger partial charge in [0, 0.05) is 11.4 Å². The number of carbonyl (C=O) groups excluding carboxylic acids is 2. The summed E-state index contributed by atoms with van der Waals surface area (Å²) in [7, 11) is 0. The van der Waals surface area contributed by atoms with Gasteiger partial charge in [-0.1, -0.05) is 6.07 Å². The minimum Gasteiger partial charge on any atom is -0.388 e. The number of rotatable bonds is 6. The molecule has 0 saturated heterocycles. The molecule has 6 N–H and O–H groups in total. The van der Waals surface area contributed by atoms with Gasteiger partial charge in [-0.3, -0.25) is 0 Å². The van der Waals surface area contributed by atoms with Crippen LogP contribution in [0, 0.1) is 6.92 Å². The second-order valence-corrected chi connectivity index (χ2v) is 9.56. The second kappa shape index (κ2) is 8.20. The molecule has 0 aromatic heterocycles. The summed E-state index contributed by atoms with van der Waals surface area (Å²) in [4.78, 5) is 24.7.